The Kier molecular flexibility index (Phi) is 2.68. The molecule has 92 valence electrons. The summed E-state index contributed by atoms with van der Waals surface area (Å²) in [6.07, 6.45) is 1.95. The first kappa shape index (κ1) is 10.9. The maximum absolute atomic E-state index is 5.78. The predicted molar refractivity (Wildman–Crippen MR) is 63.4 cm³/mol. The third-order valence-electron chi connectivity index (χ3n) is 3.57. The summed E-state index contributed by atoms with van der Waals surface area (Å²) < 4.78 is 11.5. The molecule has 2 heterocycles. The van der Waals surface area contributed by atoms with Gasteiger partial charge in [-0.1, -0.05) is 0 Å². The van der Waals surface area contributed by atoms with E-state index >= 15 is 0 Å². The molecule has 0 radical (unpaired) electrons. The quantitative estimate of drug-likeness (QED) is 0.806. The minimum Gasteiger partial charge on any atom is -0.493 e. The summed E-state index contributed by atoms with van der Waals surface area (Å²) in [6.45, 7) is 4.36. The van der Waals surface area contributed by atoms with Crippen LogP contribution in [0.4, 0.5) is 0 Å². The van der Waals surface area contributed by atoms with Gasteiger partial charge in [0.1, 0.15) is 11.5 Å². The lowest BCUT2D eigenvalue weighted by Crippen LogP contribution is -2.13. The molecule has 4 nitrogen and oxygen atoms in total. The molecule has 1 N–H and O–H groups in total. The van der Waals surface area contributed by atoms with Gasteiger partial charge in [-0.25, -0.2) is 0 Å². The van der Waals surface area contributed by atoms with Gasteiger partial charge in [-0.3, -0.25) is 0 Å². The molecule has 0 aromatic heterocycles. The molecule has 0 spiro atoms. The van der Waals surface area contributed by atoms with Crippen molar-refractivity contribution in [3.8, 4) is 11.5 Å². The standard InChI is InChI=1S/C13H17NO3/c1-8-9-3-5-17-13(9)11(7-14-15-2)10-4-6-16-12(8)10/h14H,3-7H2,1-2H3. The van der Waals surface area contributed by atoms with Crippen molar-refractivity contribution in [2.24, 2.45) is 0 Å². The van der Waals surface area contributed by atoms with Crippen LogP contribution < -0.4 is 15.0 Å². The molecular formula is C13H17NO3. The van der Waals surface area contributed by atoms with Crippen LogP contribution in [0.3, 0.4) is 0 Å². The molecule has 3 rings (SSSR count). The van der Waals surface area contributed by atoms with Crippen LogP contribution in [0.25, 0.3) is 0 Å². The van der Waals surface area contributed by atoms with Crippen molar-refractivity contribution in [3.63, 3.8) is 0 Å². The van der Waals surface area contributed by atoms with Crippen LogP contribution >= 0.6 is 0 Å². The van der Waals surface area contributed by atoms with Gasteiger partial charge in [-0.05, 0) is 12.5 Å². The van der Waals surface area contributed by atoms with Crippen LogP contribution in [-0.4, -0.2) is 20.3 Å². The highest BCUT2D eigenvalue weighted by molar-refractivity contribution is 5.61. The zero-order chi connectivity index (χ0) is 11.8. The van der Waals surface area contributed by atoms with E-state index in [1.165, 1.54) is 22.3 Å². The molecule has 0 saturated carbocycles. The Morgan fingerprint density at radius 1 is 1.12 bits per heavy atom. The lowest BCUT2D eigenvalue weighted by atomic mass is 9.95. The first-order chi connectivity index (χ1) is 8.33. The third kappa shape index (κ3) is 1.59. The maximum Gasteiger partial charge on any atom is 0.128 e. The van der Waals surface area contributed by atoms with Crippen molar-refractivity contribution in [3.05, 3.63) is 22.3 Å². The Bertz CT molecular complexity index is 421. The molecule has 0 aliphatic carbocycles. The SMILES string of the molecule is CONCc1c2c(c(C)c3c1OCC3)OCC2. The van der Waals surface area contributed by atoms with Crippen LogP contribution in [-0.2, 0) is 24.2 Å². The van der Waals surface area contributed by atoms with Crippen molar-refractivity contribution in [2.45, 2.75) is 26.3 Å². The summed E-state index contributed by atoms with van der Waals surface area (Å²) in [7, 11) is 1.63. The number of rotatable bonds is 3. The molecule has 0 atom stereocenters. The van der Waals surface area contributed by atoms with E-state index < -0.39 is 0 Å². The molecule has 1 aromatic carbocycles. The second-order valence-electron chi connectivity index (χ2n) is 4.44. The van der Waals surface area contributed by atoms with Gasteiger partial charge in [-0.15, -0.1) is 0 Å². The highest BCUT2D eigenvalue weighted by Crippen LogP contribution is 2.43. The lowest BCUT2D eigenvalue weighted by Gasteiger charge is -2.15. The molecular weight excluding hydrogens is 218 g/mol. The number of ether oxygens (including phenoxy) is 2. The number of hydrogen-bond acceptors (Lipinski definition) is 4. The normalized spacial score (nSPS) is 16.4. The molecule has 0 bridgehead atoms. The van der Waals surface area contributed by atoms with Crippen LogP contribution in [0.5, 0.6) is 11.5 Å². The Balaban J connectivity index is 2.12. The van der Waals surface area contributed by atoms with Crippen LogP contribution in [0, 0.1) is 6.92 Å². The van der Waals surface area contributed by atoms with E-state index in [9.17, 15) is 0 Å². The van der Waals surface area contributed by atoms with Gasteiger partial charge >= 0.3 is 0 Å². The molecule has 0 fully saturated rings. The van der Waals surface area contributed by atoms with Crippen molar-refractivity contribution < 1.29 is 14.3 Å². The molecule has 1 aromatic rings. The van der Waals surface area contributed by atoms with Crippen molar-refractivity contribution in [1.29, 1.82) is 0 Å². The van der Waals surface area contributed by atoms with E-state index in [1.807, 2.05) is 0 Å². The molecule has 0 unspecified atom stereocenters. The largest absolute Gasteiger partial charge is 0.493 e. The number of nitrogens with one attached hydrogen (secondary N) is 1. The molecule has 4 heteroatoms. The summed E-state index contributed by atoms with van der Waals surface area (Å²) in [6, 6.07) is 0. The summed E-state index contributed by atoms with van der Waals surface area (Å²) in [5.41, 5.74) is 7.96. The summed E-state index contributed by atoms with van der Waals surface area (Å²) in [5, 5.41) is 0. The lowest BCUT2D eigenvalue weighted by molar-refractivity contribution is 0.0859. The number of hydrogen-bond donors (Lipinski definition) is 1. The number of fused-ring (bicyclic) bond motifs is 2. The number of benzene rings is 1. The first-order valence-electron chi connectivity index (χ1n) is 6.01. The highest BCUT2D eigenvalue weighted by atomic mass is 16.6. The number of hydroxylamine groups is 1. The van der Waals surface area contributed by atoms with Crippen LogP contribution in [0.15, 0.2) is 0 Å². The Labute approximate surface area is 101 Å². The second kappa shape index (κ2) is 4.20. The zero-order valence-corrected chi connectivity index (χ0v) is 10.3. The molecule has 2 aliphatic rings. The third-order valence-corrected chi connectivity index (χ3v) is 3.57. The van der Waals surface area contributed by atoms with Gasteiger partial charge in [-0.2, -0.15) is 5.48 Å². The highest BCUT2D eigenvalue weighted by Gasteiger charge is 2.29. The summed E-state index contributed by atoms with van der Waals surface area (Å²) in [4.78, 5) is 4.95. The minimum absolute atomic E-state index is 0.671. The monoisotopic (exact) mass is 235 g/mol. The van der Waals surface area contributed by atoms with Crippen LogP contribution in [0.2, 0.25) is 0 Å². The molecule has 17 heavy (non-hydrogen) atoms. The fourth-order valence-electron chi connectivity index (χ4n) is 2.77. The zero-order valence-electron chi connectivity index (χ0n) is 10.3. The van der Waals surface area contributed by atoms with Crippen LogP contribution in [0.1, 0.15) is 22.3 Å². The Hall–Kier alpha value is -1.26. The Morgan fingerprint density at radius 3 is 2.59 bits per heavy atom. The van der Waals surface area contributed by atoms with E-state index in [1.54, 1.807) is 7.11 Å². The van der Waals surface area contributed by atoms with Crippen molar-refractivity contribution in [1.82, 2.24) is 5.48 Å². The predicted octanol–water partition coefficient (Wildman–Crippen LogP) is 1.52. The molecule has 2 aliphatic heterocycles. The summed E-state index contributed by atoms with van der Waals surface area (Å²) in [5.74, 6) is 2.12. The van der Waals surface area contributed by atoms with Crippen molar-refractivity contribution in [2.75, 3.05) is 20.3 Å². The van der Waals surface area contributed by atoms with Crippen molar-refractivity contribution >= 4 is 0 Å². The Morgan fingerprint density at radius 2 is 1.82 bits per heavy atom. The molecule has 0 amide bonds. The van der Waals surface area contributed by atoms with E-state index in [4.69, 9.17) is 14.3 Å². The smallest absolute Gasteiger partial charge is 0.128 e. The fraction of sp³-hybridized carbons (Fsp3) is 0.538. The van der Waals surface area contributed by atoms with Gasteiger partial charge in [0, 0.05) is 29.5 Å². The van der Waals surface area contributed by atoms with Gasteiger partial charge in [0.05, 0.1) is 26.9 Å². The minimum atomic E-state index is 0.671. The van der Waals surface area contributed by atoms with Gasteiger partial charge in [0.2, 0.25) is 0 Å². The summed E-state index contributed by atoms with van der Waals surface area (Å²) >= 11 is 0. The van der Waals surface area contributed by atoms with E-state index in [0.29, 0.717) is 6.54 Å². The van der Waals surface area contributed by atoms with Gasteiger partial charge in [0.15, 0.2) is 0 Å². The molecule has 0 saturated heterocycles. The topological polar surface area (TPSA) is 39.7 Å². The second-order valence-corrected chi connectivity index (χ2v) is 4.44. The van der Waals surface area contributed by atoms with Gasteiger partial charge < -0.3 is 14.3 Å². The fourth-order valence-corrected chi connectivity index (χ4v) is 2.77. The maximum atomic E-state index is 5.78. The van der Waals surface area contributed by atoms with Gasteiger partial charge in [0.25, 0.3) is 0 Å². The van der Waals surface area contributed by atoms with E-state index in [-0.39, 0.29) is 0 Å². The van der Waals surface area contributed by atoms with E-state index in [2.05, 4.69) is 12.4 Å². The first-order valence-corrected chi connectivity index (χ1v) is 6.01. The average Bonchev–Trinajstić information content (AvgIpc) is 2.97. The van der Waals surface area contributed by atoms with E-state index in [0.717, 1.165) is 37.6 Å². The average molecular weight is 235 g/mol.